The molecule has 0 unspecified atom stereocenters. The Bertz CT molecular complexity index is 1100. The van der Waals surface area contributed by atoms with Crippen molar-refractivity contribution in [1.29, 1.82) is 0 Å². The first-order valence-electron chi connectivity index (χ1n) is 11.1. The molecule has 0 amide bonds. The van der Waals surface area contributed by atoms with E-state index in [0.717, 1.165) is 29.4 Å². The number of halogens is 3. The summed E-state index contributed by atoms with van der Waals surface area (Å²) in [7, 11) is 0. The van der Waals surface area contributed by atoms with Crippen LogP contribution in [0.15, 0.2) is 46.1 Å². The largest absolute Gasteiger partial charge is 0.423 e. The Hall–Kier alpha value is -2.87. The van der Waals surface area contributed by atoms with Crippen LogP contribution in [0.4, 0.5) is 13.2 Å². The fourth-order valence-electron chi connectivity index (χ4n) is 3.52. The number of hydrogen-bond donors (Lipinski definition) is 1. The highest BCUT2D eigenvalue weighted by Crippen LogP contribution is 2.32. The van der Waals surface area contributed by atoms with Gasteiger partial charge in [-0.1, -0.05) is 49.6 Å². The Kier molecular flexibility index (Phi) is 9.10. The summed E-state index contributed by atoms with van der Waals surface area (Å²) in [5.41, 5.74) is -3.02. The van der Waals surface area contributed by atoms with Crippen molar-refractivity contribution in [2.75, 3.05) is 13.2 Å². The molecule has 3 atom stereocenters. The molecular formula is C24H27F3N2O5. The molecule has 0 radical (unpaired) electrons. The average molecular weight is 480 g/mol. The van der Waals surface area contributed by atoms with E-state index in [1.54, 1.807) is 4.98 Å². The van der Waals surface area contributed by atoms with Crippen molar-refractivity contribution >= 4 is 0 Å². The predicted octanol–water partition coefficient (Wildman–Crippen LogP) is 3.64. The fraction of sp³-hybridized carbons (Fsp3) is 0.500. The van der Waals surface area contributed by atoms with Crippen molar-refractivity contribution in [1.82, 2.24) is 9.55 Å². The van der Waals surface area contributed by atoms with Gasteiger partial charge < -0.3 is 14.2 Å². The number of alkyl halides is 3. The number of aromatic nitrogens is 2. The van der Waals surface area contributed by atoms with Crippen LogP contribution in [-0.4, -0.2) is 35.0 Å². The number of aromatic amines is 1. The summed E-state index contributed by atoms with van der Waals surface area (Å²) >= 11 is 0. The van der Waals surface area contributed by atoms with Crippen LogP contribution in [-0.2, 0) is 27.0 Å². The molecule has 0 bridgehead atoms. The van der Waals surface area contributed by atoms with E-state index in [2.05, 4.69) is 18.8 Å². The molecule has 1 saturated heterocycles. The summed E-state index contributed by atoms with van der Waals surface area (Å²) in [6.07, 6.45) is -3.83. The van der Waals surface area contributed by atoms with Gasteiger partial charge in [-0.3, -0.25) is 14.3 Å². The van der Waals surface area contributed by atoms with E-state index in [0.29, 0.717) is 12.8 Å². The number of hydrogen-bond acceptors (Lipinski definition) is 5. The van der Waals surface area contributed by atoms with Gasteiger partial charge in [0.2, 0.25) is 0 Å². The van der Waals surface area contributed by atoms with Gasteiger partial charge in [-0.05, 0) is 12.0 Å². The number of nitrogens with one attached hydrogen (secondary N) is 1. The molecule has 10 heteroatoms. The molecule has 2 aromatic rings. The molecule has 0 spiro atoms. The minimum atomic E-state index is -4.91. The number of H-pyrrole nitrogens is 1. The van der Waals surface area contributed by atoms with Crippen LogP contribution in [0.2, 0.25) is 0 Å². The molecule has 3 rings (SSSR count). The molecule has 1 aliphatic heterocycles. The minimum Gasteiger partial charge on any atom is -0.374 e. The Labute approximate surface area is 194 Å². The number of ether oxygens (including phenoxy) is 3. The zero-order valence-corrected chi connectivity index (χ0v) is 18.8. The SMILES string of the molecule is CCCCC#CCO[C@H]1C[C@H](n2cc(C(F)(F)F)c(=O)[nH]c2=O)O[C@@H]1COCc1ccccc1. The van der Waals surface area contributed by atoms with Crippen molar-refractivity contribution in [3.05, 3.63) is 68.5 Å². The van der Waals surface area contributed by atoms with Crippen molar-refractivity contribution in [2.45, 2.75) is 63.8 Å². The van der Waals surface area contributed by atoms with E-state index < -0.39 is 41.4 Å². The molecule has 7 nitrogen and oxygen atoms in total. The maximum Gasteiger partial charge on any atom is 0.423 e. The molecular weight excluding hydrogens is 453 g/mol. The zero-order chi connectivity index (χ0) is 24.6. The second-order valence-electron chi connectivity index (χ2n) is 7.88. The van der Waals surface area contributed by atoms with E-state index in [1.165, 1.54) is 0 Å². The van der Waals surface area contributed by atoms with Crippen molar-refractivity contribution < 1.29 is 27.4 Å². The van der Waals surface area contributed by atoms with Gasteiger partial charge in [0.1, 0.15) is 24.5 Å². The first kappa shape index (κ1) is 25.7. The highest BCUT2D eigenvalue weighted by Gasteiger charge is 2.40. The molecule has 1 fully saturated rings. The molecule has 0 saturated carbocycles. The molecule has 0 aliphatic carbocycles. The zero-order valence-electron chi connectivity index (χ0n) is 18.8. The molecule has 2 heterocycles. The first-order valence-corrected chi connectivity index (χ1v) is 11.1. The quantitative estimate of drug-likeness (QED) is 0.438. The van der Waals surface area contributed by atoms with Crippen LogP contribution in [0.25, 0.3) is 0 Å². The Balaban J connectivity index is 1.73. The van der Waals surface area contributed by atoms with E-state index in [-0.39, 0.29) is 19.6 Å². The number of unbranched alkanes of at least 4 members (excludes halogenated alkanes) is 2. The summed E-state index contributed by atoms with van der Waals surface area (Å²) < 4.78 is 57.7. The molecule has 34 heavy (non-hydrogen) atoms. The Morgan fingerprint density at radius 1 is 1.21 bits per heavy atom. The monoisotopic (exact) mass is 480 g/mol. The summed E-state index contributed by atoms with van der Waals surface area (Å²) in [4.78, 5) is 25.6. The van der Waals surface area contributed by atoms with E-state index in [4.69, 9.17) is 14.2 Å². The lowest BCUT2D eigenvalue weighted by Crippen LogP contribution is -2.36. The minimum absolute atomic E-state index is 0.0965. The summed E-state index contributed by atoms with van der Waals surface area (Å²) in [6, 6.07) is 9.44. The van der Waals surface area contributed by atoms with Crippen LogP contribution in [0, 0.1) is 11.8 Å². The van der Waals surface area contributed by atoms with Gasteiger partial charge in [0.15, 0.2) is 0 Å². The maximum absolute atomic E-state index is 13.2. The number of benzene rings is 1. The van der Waals surface area contributed by atoms with Crippen molar-refractivity contribution in [2.24, 2.45) is 0 Å². The number of nitrogens with zero attached hydrogens (tertiary/aromatic N) is 1. The molecule has 1 aromatic heterocycles. The van der Waals surface area contributed by atoms with Gasteiger partial charge in [-0.25, -0.2) is 4.79 Å². The fourth-order valence-corrected chi connectivity index (χ4v) is 3.52. The van der Waals surface area contributed by atoms with Gasteiger partial charge in [-0.15, -0.1) is 5.92 Å². The number of rotatable bonds is 9. The Morgan fingerprint density at radius 3 is 2.68 bits per heavy atom. The Morgan fingerprint density at radius 2 is 1.97 bits per heavy atom. The third kappa shape index (κ3) is 7.06. The first-order chi connectivity index (χ1) is 16.3. The summed E-state index contributed by atoms with van der Waals surface area (Å²) in [5, 5.41) is 0. The molecule has 1 N–H and O–H groups in total. The normalized spacial score (nSPS) is 20.2. The van der Waals surface area contributed by atoms with Crippen LogP contribution < -0.4 is 11.2 Å². The van der Waals surface area contributed by atoms with E-state index >= 15 is 0 Å². The van der Waals surface area contributed by atoms with Crippen LogP contribution in [0.5, 0.6) is 0 Å². The van der Waals surface area contributed by atoms with Gasteiger partial charge in [0.05, 0.1) is 19.3 Å². The maximum atomic E-state index is 13.2. The lowest BCUT2D eigenvalue weighted by atomic mass is 10.2. The highest BCUT2D eigenvalue weighted by molar-refractivity contribution is 5.13. The third-order valence-electron chi connectivity index (χ3n) is 5.31. The second-order valence-corrected chi connectivity index (χ2v) is 7.88. The van der Waals surface area contributed by atoms with Gasteiger partial charge in [0.25, 0.3) is 5.56 Å². The summed E-state index contributed by atoms with van der Waals surface area (Å²) in [5.74, 6) is 5.92. The van der Waals surface area contributed by atoms with Crippen LogP contribution >= 0.6 is 0 Å². The lowest BCUT2D eigenvalue weighted by Gasteiger charge is -2.18. The van der Waals surface area contributed by atoms with Crippen LogP contribution in [0.1, 0.15) is 50.0 Å². The lowest BCUT2D eigenvalue weighted by molar-refractivity contribution is -0.139. The van der Waals surface area contributed by atoms with Crippen molar-refractivity contribution in [3.8, 4) is 11.8 Å². The van der Waals surface area contributed by atoms with Crippen molar-refractivity contribution in [3.63, 3.8) is 0 Å². The summed E-state index contributed by atoms with van der Waals surface area (Å²) in [6.45, 7) is 2.60. The molecule has 1 aliphatic rings. The van der Waals surface area contributed by atoms with Crippen LogP contribution in [0.3, 0.4) is 0 Å². The van der Waals surface area contributed by atoms with E-state index in [1.807, 2.05) is 30.3 Å². The molecule has 1 aromatic carbocycles. The van der Waals surface area contributed by atoms with Gasteiger partial charge >= 0.3 is 11.9 Å². The van der Waals surface area contributed by atoms with Gasteiger partial charge in [-0.2, -0.15) is 13.2 Å². The smallest absolute Gasteiger partial charge is 0.374 e. The average Bonchev–Trinajstić information content (AvgIpc) is 3.18. The topological polar surface area (TPSA) is 82.6 Å². The highest BCUT2D eigenvalue weighted by atomic mass is 19.4. The second kappa shape index (κ2) is 12.0. The van der Waals surface area contributed by atoms with Gasteiger partial charge in [0, 0.05) is 19.0 Å². The standard InChI is InChI=1S/C24H27F3N2O5/c1-2-3-4-5-9-12-33-19-13-21(29-14-18(24(25,26)27)22(30)28-23(29)31)34-20(19)16-32-15-17-10-7-6-8-11-17/h6-8,10-11,14,19-21H,2-4,12-13,15-16H2,1H3,(H,28,30,31)/t19-,20+,21+/m0/s1. The predicted molar refractivity (Wildman–Crippen MR) is 118 cm³/mol. The molecule has 184 valence electrons. The third-order valence-corrected chi connectivity index (χ3v) is 5.31. The van der Waals surface area contributed by atoms with E-state index in [9.17, 15) is 22.8 Å².